The minimum Gasteiger partial charge on any atom is -0.378 e. The molecule has 0 fully saturated rings. The van der Waals surface area contributed by atoms with Gasteiger partial charge in [-0.1, -0.05) is 42.5 Å². The lowest BCUT2D eigenvalue weighted by Gasteiger charge is -2.10. The Morgan fingerprint density at radius 3 is 2.41 bits per heavy atom. The van der Waals surface area contributed by atoms with Crippen molar-refractivity contribution in [3.05, 3.63) is 100 Å². The van der Waals surface area contributed by atoms with E-state index in [-0.39, 0.29) is 33.2 Å². The molecule has 3 rings (SSSR count). The number of nitro groups is 1. The third kappa shape index (κ3) is 5.35. The first-order chi connectivity index (χ1) is 15.3. The van der Waals surface area contributed by atoms with Crippen molar-refractivity contribution in [2.24, 2.45) is 0 Å². The first-order valence-corrected chi connectivity index (χ1v) is 10.5. The van der Waals surface area contributed by atoms with Crippen molar-refractivity contribution in [2.75, 3.05) is 5.32 Å². The molecule has 0 aliphatic heterocycles. The van der Waals surface area contributed by atoms with Crippen LogP contribution in [0.15, 0.2) is 89.3 Å². The van der Waals surface area contributed by atoms with Crippen molar-refractivity contribution in [1.82, 2.24) is 0 Å². The summed E-state index contributed by atoms with van der Waals surface area (Å²) in [5, 5.41) is 22.7. The molecule has 0 aliphatic carbocycles. The summed E-state index contributed by atoms with van der Waals surface area (Å²) >= 11 is 0. The topological polar surface area (TPSA) is 139 Å². The molecular formula is C22H15N3O6S. The summed E-state index contributed by atoms with van der Waals surface area (Å²) in [7, 11) is -4.14. The summed E-state index contributed by atoms with van der Waals surface area (Å²) < 4.78 is 30.3. The second-order valence-electron chi connectivity index (χ2n) is 6.32. The zero-order valence-corrected chi connectivity index (χ0v) is 17.2. The van der Waals surface area contributed by atoms with Crippen molar-refractivity contribution >= 4 is 33.5 Å². The van der Waals surface area contributed by atoms with Crippen LogP contribution in [0.1, 0.15) is 5.56 Å². The fourth-order valence-electron chi connectivity index (χ4n) is 2.63. The number of nitriles is 1. The number of hydrogen-bond donors (Lipinski definition) is 1. The highest BCUT2D eigenvalue weighted by molar-refractivity contribution is 7.87. The van der Waals surface area contributed by atoms with Crippen LogP contribution in [0.4, 0.5) is 11.4 Å². The zero-order chi connectivity index (χ0) is 23.1. The van der Waals surface area contributed by atoms with Crippen LogP contribution in [0, 0.1) is 21.4 Å². The molecule has 0 saturated heterocycles. The molecule has 10 heteroatoms. The highest BCUT2D eigenvalue weighted by atomic mass is 32.2. The molecule has 0 heterocycles. The van der Waals surface area contributed by atoms with Gasteiger partial charge in [-0.15, -0.1) is 0 Å². The average molecular weight is 449 g/mol. The van der Waals surface area contributed by atoms with E-state index in [9.17, 15) is 28.6 Å². The molecule has 1 amide bonds. The van der Waals surface area contributed by atoms with Gasteiger partial charge in [0.25, 0.3) is 11.6 Å². The van der Waals surface area contributed by atoms with E-state index in [0.29, 0.717) is 0 Å². The molecule has 0 saturated carbocycles. The van der Waals surface area contributed by atoms with Crippen molar-refractivity contribution in [3.63, 3.8) is 0 Å². The molecule has 0 spiro atoms. The number of amides is 1. The lowest BCUT2D eigenvalue weighted by molar-refractivity contribution is -0.384. The molecule has 0 unspecified atom stereocenters. The van der Waals surface area contributed by atoms with Gasteiger partial charge in [0.05, 0.1) is 4.92 Å². The number of benzene rings is 3. The molecule has 1 N–H and O–H groups in total. The second-order valence-corrected chi connectivity index (χ2v) is 7.87. The predicted molar refractivity (Wildman–Crippen MR) is 116 cm³/mol. The molecule has 0 radical (unpaired) electrons. The SMILES string of the molecule is N#C/C(=C\c1ccccc1OS(=O)(=O)c1ccccc1)C(=O)Nc1cccc([N+](=O)[O-])c1. The molecule has 0 aliphatic rings. The van der Waals surface area contributed by atoms with E-state index in [0.717, 1.165) is 6.07 Å². The Balaban J connectivity index is 1.88. The fourth-order valence-corrected chi connectivity index (χ4v) is 3.60. The van der Waals surface area contributed by atoms with E-state index in [2.05, 4.69) is 5.32 Å². The van der Waals surface area contributed by atoms with Gasteiger partial charge < -0.3 is 9.50 Å². The number of hydrogen-bond acceptors (Lipinski definition) is 7. The van der Waals surface area contributed by atoms with Crippen LogP contribution < -0.4 is 9.50 Å². The quantitative estimate of drug-likeness (QED) is 0.190. The normalized spacial score (nSPS) is 11.3. The lowest BCUT2D eigenvalue weighted by Crippen LogP contribution is -2.14. The Bertz CT molecular complexity index is 1350. The lowest BCUT2D eigenvalue weighted by atomic mass is 10.1. The summed E-state index contributed by atoms with van der Waals surface area (Å²) in [5.41, 5.74) is -0.279. The average Bonchev–Trinajstić information content (AvgIpc) is 2.79. The fraction of sp³-hybridized carbons (Fsp3) is 0. The highest BCUT2D eigenvalue weighted by Gasteiger charge is 2.19. The molecule has 3 aromatic carbocycles. The van der Waals surface area contributed by atoms with E-state index in [4.69, 9.17) is 4.18 Å². The minimum absolute atomic E-state index is 0.0531. The number of carbonyl (C=O) groups excluding carboxylic acids is 1. The van der Waals surface area contributed by atoms with Crippen LogP contribution >= 0.6 is 0 Å². The molecule has 9 nitrogen and oxygen atoms in total. The van der Waals surface area contributed by atoms with E-state index >= 15 is 0 Å². The maximum Gasteiger partial charge on any atom is 0.339 e. The summed E-state index contributed by atoms with van der Waals surface area (Å²) in [4.78, 5) is 22.7. The number of carbonyl (C=O) groups is 1. The Hall–Kier alpha value is -4.49. The van der Waals surface area contributed by atoms with E-state index in [1.807, 2.05) is 0 Å². The maximum atomic E-state index is 12.5. The van der Waals surface area contributed by atoms with Crippen LogP contribution in [0.3, 0.4) is 0 Å². The first kappa shape index (κ1) is 22.2. The van der Waals surface area contributed by atoms with Crippen LogP contribution in [0.25, 0.3) is 6.08 Å². The van der Waals surface area contributed by atoms with Crippen molar-refractivity contribution < 1.29 is 22.3 Å². The smallest absolute Gasteiger partial charge is 0.339 e. The predicted octanol–water partition coefficient (Wildman–Crippen LogP) is 3.91. The van der Waals surface area contributed by atoms with Gasteiger partial charge in [-0.2, -0.15) is 13.7 Å². The van der Waals surface area contributed by atoms with Gasteiger partial charge in [-0.3, -0.25) is 14.9 Å². The van der Waals surface area contributed by atoms with E-state index in [1.165, 1.54) is 48.5 Å². The van der Waals surface area contributed by atoms with Gasteiger partial charge in [0.2, 0.25) is 0 Å². The number of anilines is 1. The van der Waals surface area contributed by atoms with Crippen molar-refractivity contribution in [3.8, 4) is 11.8 Å². The Morgan fingerprint density at radius 1 is 1.03 bits per heavy atom. The largest absolute Gasteiger partial charge is 0.378 e. The maximum absolute atomic E-state index is 12.5. The van der Waals surface area contributed by atoms with Crippen LogP contribution in [0.2, 0.25) is 0 Å². The summed E-state index contributed by atoms with van der Waals surface area (Å²) in [6, 6.07) is 20.5. The Kier molecular flexibility index (Phi) is 6.62. The Labute approximate surface area is 183 Å². The van der Waals surface area contributed by atoms with Crippen LogP contribution in [0.5, 0.6) is 5.75 Å². The standard InChI is InChI=1S/C22H15N3O6S/c23-15-17(22(26)24-18-8-6-9-19(14-18)25(27)28)13-16-7-4-5-12-21(16)31-32(29,30)20-10-2-1-3-11-20/h1-14H,(H,24,26)/b17-13+. The van der Waals surface area contributed by atoms with Crippen molar-refractivity contribution in [2.45, 2.75) is 4.90 Å². The second kappa shape index (κ2) is 9.55. The summed E-state index contributed by atoms with van der Waals surface area (Å²) in [6.45, 7) is 0. The number of nitrogens with one attached hydrogen (secondary N) is 1. The van der Waals surface area contributed by atoms with E-state index in [1.54, 1.807) is 36.4 Å². The van der Waals surface area contributed by atoms with Crippen LogP contribution in [-0.4, -0.2) is 19.2 Å². The Morgan fingerprint density at radius 2 is 1.72 bits per heavy atom. The number of rotatable bonds is 7. The zero-order valence-electron chi connectivity index (χ0n) is 16.3. The number of nitro benzene ring substituents is 1. The molecule has 0 atom stereocenters. The third-order valence-electron chi connectivity index (χ3n) is 4.13. The number of non-ortho nitro benzene ring substituents is 1. The minimum atomic E-state index is -4.14. The highest BCUT2D eigenvalue weighted by Crippen LogP contribution is 2.25. The molecule has 0 bridgehead atoms. The number of para-hydroxylation sites is 1. The first-order valence-electron chi connectivity index (χ1n) is 9.06. The summed E-state index contributed by atoms with van der Waals surface area (Å²) in [6.07, 6.45) is 1.17. The van der Waals surface area contributed by atoms with Gasteiger partial charge >= 0.3 is 10.1 Å². The summed E-state index contributed by atoms with van der Waals surface area (Å²) in [5.74, 6) is -0.902. The molecular weight excluding hydrogens is 434 g/mol. The number of nitrogens with zero attached hydrogens (tertiary/aromatic N) is 2. The van der Waals surface area contributed by atoms with Gasteiger partial charge in [0.15, 0.2) is 0 Å². The molecule has 3 aromatic rings. The molecule has 0 aromatic heterocycles. The molecule has 32 heavy (non-hydrogen) atoms. The van der Waals surface area contributed by atoms with Gasteiger partial charge in [-0.05, 0) is 30.3 Å². The molecule has 160 valence electrons. The van der Waals surface area contributed by atoms with Crippen molar-refractivity contribution in [1.29, 1.82) is 5.26 Å². The van der Waals surface area contributed by atoms with E-state index < -0.39 is 20.9 Å². The van der Waals surface area contributed by atoms with Gasteiger partial charge in [0, 0.05) is 23.4 Å². The monoisotopic (exact) mass is 449 g/mol. The van der Waals surface area contributed by atoms with Crippen LogP contribution in [-0.2, 0) is 14.9 Å². The third-order valence-corrected chi connectivity index (χ3v) is 5.38. The van der Waals surface area contributed by atoms with Gasteiger partial charge in [-0.25, -0.2) is 0 Å². The van der Waals surface area contributed by atoms with Gasteiger partial charge in [0.1, 0.15) is 22.3 Å².